The summed E-state index contributed by atoms with van der Waals surface area (Å²) in [5.41, 5.74) is 2.87. The van der Waals surface area contributed by atoms with E-state index in [1.54, 1.807) is 12.0 Å². The number of carbonyl (C=O) groups excluding carboxylic acids is 2. The molecule has 3 aliphatic rings. The number of Topliss-reactive ketones (excluding diaryl/α,β-unsaturated/α-hetero) is 1. The van der Waals surface area contributed by atoms with Crippen molar-refractivity contribution >= 4 is 11.7 Å². The quantitative estimate of drug-likeness (QED) is 0.629. The van der Waals surface area contributed by atoms with E-state index in [-0.39, 0.29) is 29.2 Å². The second-order valence-electron chi connectivity index (χ2n) is 9.66. The van der Waals surface area contributed by atoms with Crippen LogP contribution in [0.5, 0.6) is 5.75 Å². The number of hydrogen-bond donors (Lipinski definition) is 1. The molecule has 1 aromatic heterocycles. The number of rotatable bonds is 6. The Morgan fingerprint density at radius 2 is 2.00 bits per heavy atom. The highest BCUT2D eigenvalue weighted by Gasteiger charge is 2.38. The number of fused-ring (bicyclic) bond motifs is 1. The van der Waals surface area contributed by atoms with Gasteiger partial charge < -0.3 is 19.4 Å². The largest absolute Gasteiger partial charge is 0.496 e. The molecule has 5 rings (SSSR count). The lowest BCUT2D eigenvalue weighted by Gasteiger charge is -2.34. The molecule has 0 spiro atoms. The van der Waals surface area contributed by atoms with Gasteiger partial charge in [0.05, 0.1) is 44.2 Å². The van der Waals surface area contributed by atoms with Crippen molar-refractivity contribution in [2.45, 2.75) is 51.8 Å². The van der Waals surface area contributed by atoms with Gasteiger partial charge in [0.1, 0.15) is 11.6 Å². The summed E-state index contributed by atoms with van der Waals surface area (Å²) in [5.74, 6) is 1.53. The van der Waals surface area contributed by atoms with Gasteiger partial charge in [-0.05, 0) is 63.0 Å². The number of aromatic amines is 1. The summed E-state index contributed by atoms with van der Waals surface area (Å²) >= 11 is 0. The summed E-state index contributed by atoms with van der Waals surface area (Å²) < 4.78 is 10.7. The average Bonchev–Trinajstić information content (AvgIpc) is 3.23. The highest BCUT2D eigenvalue weighted by molar-refractivity contribution is 5.98. The Bertz CT molecular complexity index is 1180. The summed E-state index contributed by atoms with van der Waals surface area (Å²) in [5, 5.41) is 0. The maximum atomic E-state index is 13.2. The van der Waals surface area contributed by atoms with Crippen LogP contribution in [0, 0.1) is 12.8 Å². The molecule has 0 bridgehead atoms. The zero-order valence-electron chi connectivity index (χ0n) is 20.3. The van der Waals surface area contributed by atoms with Gasteiger partial charge in [-0.3, -0.25) is 19.3 Å². The fraction of sp³-hybridized carbons (Fsp3) is 0.538. The minimum atomic E-state index is -0.174. The molecule has 0 radical (unpaired) electrons. The molecule has 2 saturated heterocycles. The Morgan fingerprint density at radius 1 is 1.20 bits per heavy atom. The van der Waals surface area contributed by atoms with E-state index in [1.807, 2.05) is 25.1 Å². The Morgan fingerprint density at radius 3 is 2.74 bits per heavy atom. The molecular formula is C26H32N4O5. The molecule has 0 unspecified atom stereocenters. The maximum Gasteiger partial charge on any atom is 0.256 e. The van der Waals surface area contributed by atoms with Gasteiger partial charge in [-0.1, -0.05) is 0 Å². The lowest BCUT2D eigenvalue weighted by molar-refractivity contribution is -0.133. The number of likely N-dealkylation sites (tertiary alicyclic amines) is 2. The van der Waals surface area contributed by atoms with Crippen molar-refractivity contribution < 1.29 is 19.1 Å². The van der Waals surface area contributed by atoms with Crippen molar-refractivity contribution in [3.63, 3.8) is 0 Å². The first-order valence-electron chi connectivity index (χ1n) is 12.3. The summed E-state index contributed by atoms with van der Waals surface area (Å²) in [6, 6.07) is 5.41. The maximum absolute atomic E-state index is 13.2. The molecule has 9 heteroatoms. The first kappa shape index (κ1) is 23.7. The lowest BCUT2D eigenvalue weighted by atomic mass is 9.87. The molecule has 3 aliphatic heterocycles. The van der Waals surface area contributed by atoms with Gasteiger partial charge >= 0.3 is 0 Å². The Labute approximate surface area is 204 Å². The van der Waals surface area contributed by atoms with Crippen molar-refractivity contribution in [2.75, 3.05) is 33.4 Å². The lowest BCUT2D eigenvalue weighted by Crippen LogP contribution is -2.46. The number of H-pyrrole nitrogens is 1. The topological polar surface area (TPSA) is 105 Å². The molecule has 0 saturated carbocycles. The summed E-state index contributed by atoms with van der Waals surface area (Å²) in [4.78, 5) is 50.0. The van der Waals surface area contributed by atoms with Crippen molar-refractivity contribution in [3.8, 4) is 5.75 Å². The molecule has 1 amide bonds. The van der Waals surface area contributed by atoms with Crippen LogP contribution >= 0.6 is 0 Å². The third kappa shape index (κ3) is 4.75. The Balaban J connectivity index is 1.18. The van der Waals surface area contributed by atoms with Gasteiger partial charge in [0.25, 0.3) is 5.56 Å². The highest BCUT2D eigenvalue weighted by atomic mass is 16.5. The van der Waals surface area contributed by atoms with Crippen LogP contribution in [-0.2, 0) is 29.1 Å². The summed E-state index contributed by atoms with van der Waals surface area (Å²) in [7, 11) is 1.63. The average molecular weight is 481 g/mol. The van der Waals surface area contributed by atoms with Crippen LogP contribution in [0.1, 0.15) is 52.3 Å². The molecule has 2 aromatic rings. The van der Waals surface area contributed by atoms with Crippen LogP contribution in [0.25, 0.3) is 0 Å². The van der Waals surface area contributed by atoms with Crippen LogP contribution in [-0.4, -0.2) is 70.9 Å². The van der Waals surface area contributed by atoms with E-state index in [1.165, 1.54) is 0 Å². The number of aromatic nitrogens is 2. The molecule has 186 valence electrons. The van der Waals surface area contributed by atoms with E-state index in [2.05, 4.69) is 14.9 Å². The van der Waals surface area contributed by atoms with Crippen molar-refractivity contribution in [1.82, 2.24) is 19.8 Å². The molecule has 1 aromatic carbocycles. The predicted octanol–water partition coefficient (Wildman–Crippen LogP) is 1.86. The van der Waals surface area contributed by atoms with Gasteiger partial charge in [0.15, 0.2) is 5.78 Å². The number of nitrogens with one attached hydrogen (secondary N) is 1. The van der Waals surface area contributed by atoms with E-state index in [0.29, 0.717) is 44.1 Å². The number of benzene rings is 1. The predicted molar refractivity (Wildman–Crippen MR) is 128 cm³/mol. The number of hydrogen-bond acceptors (Lipinski definition) is 7. The van der Waals surface area contributed by atoms with Crippen LogP contribution in [0.4, 0.5) is 0 Å². The Kier molecular flexibility index (Phi) is 6.71. The third-order valence-electron chi connectivity index (χ3n) is 7.51. The van der Waals surface area contributed by atoms with E-state index >= 15 is 0 Å². The van der Waals surface area contributed by atoms with E-state index in [4.69, 9.17) is 9.47 Å². The molecule has 1 atom stereocenters. The van der Waals surface area contributed by atoms with E-state index in [9.17, 15) is 14.4 Å². The second-order valence-corrected chi connectivity index (χ2v) is 9.66. The first-order valence-corrected chi connectivity index (χ1v) is 12.3. The summed E-state index contributed by atoms with van der Waals surface area (Å²) in [6.07, 6.45) is 2.86. The highest BCUT2D eigenvalue weighted by Crippen LogP contribution is 2.28. The SMILES string of the molecule is COc1ccc(C(=O)C2CCN([C@@H]3CCN(Cc4nc5c(c(=O)[nH]4)COCC5)C3=O)CC2)cc1C. The van der Waals surface area contributed by atoms with Gasteiger partial charge in [0, 0.05) is 24.4 Å². The van der Waals surface area contributed by atoms with Crippen molar-refractivity contribution in [1.29, 1.82) is 0 Å². The second kappa shape index (κ2) is 9.91. The van der Waals surface area contributed by atoms with Gasteiger partial charge in [-0.25, -0.2) is 4.98 Å². The van der Waals surface area contributed by atoms with E-state index in [0.717, 1.165) is 54.9 Å². The molecule has 4 heterocycles. The third-order valence-corrected chi connectivity index (χ3v) is 7.51. The Hall–Kier alpha value is -3.04. The standard InChI is InChI=1S/C26H32N4O5/c1-16-13-18(3-4-22(16)34-2)24(31)17-5-9-29(10-6-17)21-7-11-30(26(21)33)14-23-27-20-8-12-35-15-19(20)25(32)28-23/h3-4,13,17,21H,5-12,14-15H2,1-2H3,(H,27,28,32)/t21-/m1/s1. The normalized spacial score (nSPS) is 21.3. The molecule has 0 aliphatic carbocycles. The van der Waals surface area contributed by atoms with Crippen molar-refractivity contribution in [2.24, 2.45) is 5.92 Å². The number of aryl methyl sites for hydroxylation is 1. The monoisotopic (exact) mass is 480 g/mol. The van der Waals surface area contributed by atoms with Crippen LogP contribution in [0.2, 0.25) is 0 Å². The van der Waals surface area contributed by atoms with Crippen LogP contribution < -0.4 is 10.3 Å². The molecule has 2 fully saturated rings. The van der Waals surface area contributed by atoms with Gasteiger partial charge in [0.2, 0.25) is 5.91 Å². The zero-order chi connectivity index (χ0) is 24.5. The van der Waals surface area contributed by atoms with Crippen molar-refractivity contribution in [3.05, 3.63) is 56.8 Å². The molecule has 35 heavy (non-hydrogen) atoms. The van der Waals surface area contributed by atoms with E-state index < -0.39 is 0 Å². The molecule has 9 nitrogen and oxygen atoms in total. The number of piperidine rings is 1. The first-order chi connectivity index (χ1) is 16.9. The van der Waals surface area contributed by atoms with Crippen LogP contribution in [0.15, 0.2) is 23.0 Å². The van der Waals surface area contributed by atoms with Gasteiger partial charge in [-0.2, -0.15) is 0 Å². The molecule has 1 N–H and O–H groups in total. The van der Waals surface area contributed by atoms with Gasteiger partial charge in [-0.15, -0.1) is 0 Å². The number of nitrogens with zero attached hydrogens (tertiary/aromatic N) is 3. The number of ether oxygens (including phenoxy) is 2. The number of carbonyl (C=O) groups is 2. The number of methoxy groups -OCH3 is 1. The smallest absolute Gasteiger partial charge is 0.256 e. The molecular weight excluding hydrogens is 448 g/mol. The number of amides is 1. The van der Waals surface area contributed by atoms with Crippen LogP contribution in [0.3, 0.4) is 0 Å². The fourth-order valence-corrected chi connectivity index (χ4v) is 5.51. The fourth-order valence-electron chi connectivity index (χ4n) is 5.51. The minimum absolute atomic E-state index is 0.0274. The number of ketones is 1. The summed E-state index contributed by atoms with van der Waals surface area (Å²) in [6.45, 7) is 5.19. The zero-order valence-corrected chi connectivity index (χ0v) is 20.3. The minimum Gasteiger partial charge on any atom is -0.496 e.